The van der Waals surface area contributed by atoms with Gasteiger partial charge in [-0.3, -0.25) is 9.69 Å². The molecule has 3 N–H and O–H groups in total. The summed E-state index contributed by atoms with van der Waals surface area (Å²) in [6.07, 6.45) is 1.80. The molecule has 0 radical (unpaired) electrons. The normalized spacial score (nSPS) is 31.0. The second-order valence-corrected chi connectivity index (χ2v) is 6.13. The van der Waals surface area contributed by atoms with Crippen LogP contribution in [0, 0.1) is 5.92 Å². The Bertz CT molecular complexity index is 586. The molecule has 6 nitrogen and oxygen atoms in total. The summed E-state index contributed by atoms with van der Waals surface area (Å²) in [5.74, 6) is -2.05. The number of piperidine rings is 1. The topological polar surface area (TPSA) is 92.9 Å². The van der Waals surface area contributed by atoms with Gasteiger partial charge in [-0.1, -0.05) is 0 Å². The highest BCUT2D eigenvalue weighted by molar-refractivity contribution is 5.90. The highest BCUT2D eigenvalue weighted by Gasteiger charge is 2.50. The van der Waals surface area contributed by atoms with Crippen LogP contribution in [0.4, 0.5) is 5.69 Å². The molecule has 0 saturated carbocycles. The summed E-state index contributed by atoms with van der Waals surface area (Å²) in [6, 6.07) is 6.69. The van der Waals surface area contributed by atoms with E-state index in [1.54, 1.807) is 24.3 Å². The smallest absolute Gasteiger partial charge is 0.338 e. The van der Waals surface area contributed by atoms with Crippen LogP contribution < -0.4 is 5.73 Å². The SMILES string of the molecule is CN1C2CC[C@@H]1C[C@H](OC(=O)c1ccc(N)cc1)C2C(=O)O. The second kappa shape index (κ2) is 5.61. The van der Waals surface area contributed by atoms with E-state index in [2.05, 4.69) is 4.90 Å². The van der Waals surface area contributed by atoms with Crippen molar-refractivity contribution in [2.75, 3.05) is 12.8 Å². The number of aliphatic carboxylic acids is 1. The number of rotatable bonds is 3. The van der Waals surface area contributed by atoms with Gasteiger partial charge in [-0.25, -0.2) is 4.79 Å². The summed E-state index contributed by atoms with van der Waals surface area (Å²) in [7, 11) is 1.95. The van der Waals surface area contributed by atoms with Gasteiger partial charge >= 0.3 is 11.9 Å². The van der Waals surface area contributed by atoms with Crippen LogP contribution in [0.5, 0.6) is 0 Å². The van der Waals surface area contributed by atoms with Crippen molar-refractivity contribution in [3.05, 3.63) is 29.8 Å². The first-order valence-corrected chi connectivity index (χ1v) is 7.48. The molecular formula is C16H20N2O4. The lowest BCUT2D eigenvalue weighted by Crippen LogP contribution is -2.53. The summed E-state index contributed by atoms with van der Waals surface area (Å²) in [5.41, 5.74) is 6.56. The minimum atomic E-state index is -0.896. The molecule has 2 aliphatic heterocycles. The van der Waals surface area contributed by atoms with Crippen molar-refractivity contribution < 1.29 is 19.4 Å². The number of nitrogens with zero attached hydrogens (tertiary/aromatic N) is 1. The molecule has 0 spiro atoms. The van der Waals surface area contributed by atoms with Crippen molar-refractivity contribution in [1.29, 1.82) is 0 Å². The minimum absolute atomic E-state index is 0.0551. The first-order chi connectivity index (χ1) is 10.5. The Balaban J connectivity index is 1.77. The van der Waals surface area contributed by atoms with E-state index < -0.39 is 24.0 Å². The van der Waals surface area contributed by atoms with Gasteiger partial charge in [0.05, 0.1) is 5.56 Å². The van der Waals surface area contributed by atoms with E-state index in [0.29, 0.717) is 23.7 Å². The number of fused-ring (bicyclic) bond motifs is 2. The lowest BCUT2D eigenvalue weighted by Gasteiger charge is -2.40. The van der Waals surface area contributed by atoms with Crippen molar-refractivity contribution in [2.24, 2.45) is 5.92 Å². The molecule has 2 fully saturated rings. The molecule has 22 heavy (non-hydrogen) atoms. The fourth-order valence-corrected chi connectivity index (χ4v) is 3.69. The van der Waals surface area contributed by atoms with E-state index in [4.69, 9.17) is 10.5 Å². The van der Waals surface area contributed by atoms with Crippen LogP contribution in [0.1, 0.15) is 29.6 Å². The zero-order valence-electron chi connectivity index (χ0n) is 12.4. The average molecular weight is 304 g/mol. The van der Waals surface area contributed by atoms with E-state index in [-0.39, 0.29) is 6.04 Å². The molecule has 2 heterocycles. The van der Waals surface area contributed by atoms with Gasteiger partial charge in [0, 0.05) is 24.2 Å². The Morgan fingerprint density at radius 3 is 2.59 bits per heavy atom. The zero-order valence-corrected chi connectivity index (χ0v) is 12.4. The first-order valence-electron chi connectivity index (χ1n) is 7.48. The Morgan fingerprint density at radius 1 is 1.27 bits per heavy atom. The lowest BCUT2D eigenvalue weighted by atomic mass is 9.87. The number of nitrogen functional groups attached to an aromatic ring is 1. The van der Waals surface area contributed by atoms with Gasteiger partial charge in [0.2, 0.25) is 0 Å². The van der Waals surface area contributed by atoms with Gasteiger partial charge in [-0.2, -0.15) is 0 Å². The molecule has 2 saturated heterocycles. The van der Waals surface area contributed by atoms with E-state index in [9.17, 15) is 14.7 Å². The molecule has 2 unspecified atom stereocenters. The molecular weight excluding hydrogens is 284 g/mol. The Labute approximate surface area is 128 Å². The van der Waals surface area contributed by atoms with E-state index in [0.717, 1.165) is 12.8 Å². The molecule has 118 valence electrons. The van der Waals surface area contributed by atoms with E-state index in [1.165, 1.54) is 0 Å². The Morgan fingerprint density at radius 2 is 1.95 bits per heavy atom. The predicted octanol–water partition coefficient (Wildman–Crippen LogP) is 1.36. The monoisotopic (exact) mass is 304 g/mol. The third-order valence-electron chi connectivity index (χ3n) is 4.90. The van der Waals surface area contributed by atoms with Crippen LogP contribution >= 0.6 is 0 Å². The van der Waals surface area contributed by atoms with Gasteiger partial charge < -0.3 is 15.6 Å². The first kappa shape index (κ1) is 14.8. The average Bonchev–Trinajstić information content (AvgIpc) is 2.71. The number of ether oxygens (including phenoxy) is 1. The van der Waals surface area contributed by atoms with Crippen LogP contribution in [0.2, 0.25) is 0 Å². The number of anilines is 1. The number of benzene rings is 1. The van der Waals surface area contributed by atoms with E-state index in [1.807, 2.05) is 7.05 Å². The molecule has 0 amide bonds. The number of carboxylic acid groups (broad SMARTS) is 1. The number of hydrogen-bond acceptors (Lipinski definition) is 5. The van der Waals surface area contributed by atoms with Gasteiger partial charge in [0.25, 0.3) is 0 Å². The number of nitrogens with two attached hydrogens (primary N) is 1. The maximum atomic E-state index is 12.2. The molecule has 0 aliphatic carbocycles. The van der Waals surface area contributed by atoms with Crippen molar-refractivity contribution in [3.8, 4) is 0 Å². The molecule has 1 aromatic rings. The Kier molecular flexibility index (Phi) is 3.78. The Hall–Kier alpha value is -2.08. The van der Waals surface area contributed by atoms with Crippen LogP contribution in [0.25, 0.3) is 0 Å². The minimum Gasteiger partial charge on any atom is -0.481 e. The fraction of sp³-hybridized carbons (Fsp3) is 0.500. The number of carbonyl (C=O) groups is 2. The second-order valence-electron chi connectivity index (χ2n) is 6.13. The van der Waals surface area contributed by atoms with Crippen LogP contribution in [0.3, 0.4) is 0 Å². The molecule has 3 rings (SSSR count). The number of carboxylic acids is 1. The van der Waals surface area contributed by atoms with Crippen molar-refractivity contribution in [3.63, 3.8) is 0 Å². The van der Waals surface area contributed by atoms with Crippen molar-refractivity contribution in [2.45, 2.75) is 37.5 Å². The molecule has 2 aliphatic rings. The highest BCUT2D eigenvalue weighted by atomic mass is 16.5. The van der Waals surface area contributed by atoms with Gasteiger partial charge in [-0.15, -0.1) is 0 Å². The predicted molar refractivity (Wildman–Crippen MR) is 80.4 cm³/mol. The fourth-order valence-electron chi connectivity index (χ4n) is 3.69. The van der Waals surface area contributed by atoms with Crippen LogP contribution in [-0.4, -0.2) is 47.2 Å². The van der Waals surface area contributed by atoms with Gasteiger partial charge in [0.1, 0.15) is 12.0 Å². The summed E-state index contributed by atoms with van der Waals surface area (Å²) in [6.45, 7) is 0. The summed E-state index contributed by atoms with van der Waals surface area (Å²) >= 11 is 0. The maximum Gasteiger partial charge on any atom is 0.338 e. The number of esters is 1. The van der Waals surface area contributed by atoms with Crippen molar-refractivity contribution >= 4 is 17.6 Å². The molecule has 4 atom stereocenters. The number of carbonyl (C=O) groups excluding carboxylic acids is 1. The summed E-state index contributed by atoms with van der Waals surface area (Å²) < 4.78 is 5.53. The quantitative estimate of drug-likeness (QED) is 0.647. The van der Waals surface area contributed by atoms with Gasteiger partial charge in [0.15, 0.2) is 0 Å². The van der Waals surface area contributed by atoms with Crippen molar-refractivity contribution in [1.82, 2.24) is 4.90 Å². The standard InChI is InChI=1S/C16H20N2O4/c1-18-11-6-7-12(18)14(15(19)20)13(8-11)22-16(21)9-2-4-10(17)5-3-9/h2-5,11-14H,6-8,17H2,1H3,(H,19,20)/t11-,12?,13+,14?/m1/s1. The summed E-state index contributed by atoms with van der Waals surface area (Å²) in [5, 5.41) is 9.53. The third-order valence-corrected chi connectivity index (χ3v) is 4.90. The molecule has 0 aromatic heterocycles. The summed E-state index contributed by atoms with van der Waals surface area (Å²) in [4.78, 5) is 26.0. The molecule has 6 heteroatoms. The maximum absolute atomic E-state index is 12.2. The highest BCUT2D eigenvalue weighted by Crippen LogP contribution is 2.39. The largest absolute Gasteiger partial charge is 0.481 e. The molecule has 1 aromatic carbocycles. The zero-order chi connectivity index (χ0) is 15.9. The number of hydrogen-bond donors (Lipinski definition) is 2. The molecule has 2 bridgehead atoms. The van der Waals surface area contributed by atoms with Gasteiger partial charge in [-0.05, 0) is 44.2 Å². The lowest BCUT2D eigenvalue weighted by molar-refractivity contribution is -0.152. The van der Waals surface area contributed by atoms with E-state index >= 15 is 0 Å². The third kappa shape index (κ3) is 2.54. The van der Waals surface area contributed by atoms with Crippen LogP contribution in [-0.2, 0) is 9.53 Å². The van der Waals surface area contributed by atoms with Crippen LogP contribution in [0.15, 0.2) is 24.3 Å².